The molecule has 1 heterocycles. The van der Waals surface area contributed by atoms with E-state index in [9.17, 15) is 0 Å². The van der Waals surface area contributed by atoms with Gasteiger partial charge in [-0.1, -0.05) is 15.9 Å². The molecule has 2 atom stereocenters. The lowest BCUT2D eigenvalue weighted by atomic mass is 10.8. The van der Waals surface area contributed by atoms with Crippen molar-refractivity contribution < 1.29 is 15.0 Å². The predicted octanol–water partition coefficient (Wildman–Crippen LogP) is 0.754. The van der Waals surface area contributed by atoms with Gasteiger partial charge in [-0.2, -0.15) is 0 Å². The molecule has 0 aliphatic carbocycles. The Hall–Kier alpha value is 0.400. The topological polar surface area (TPSA) is 18.5 Å². The Morgan fingerprint density at radius 3 is 3.14 bits per heavy atom. The van der Waals surface area contributed by atoms with E-state index in [1.165, 1.54) is 0 Å². The van der Waals surface area contributed by atoms with Gasteiger partial charge < -0.3 is 9.47 Å². The van der Waals surface area contributed by atoms with Gasteiger partial charge in [-0.3, -0.25) is 0 Å². The fourth-order valence-electron chi connectivity index (χ4n) is 0.262. The van der Waals surface area contributed by atoms with Gasteiger partial charge in [0.05, 0.1) is 24.0 Å². The SMILES string of the molecule is [2H]C1OC([2H])(CBr)OC1([2H])[2H]. The van der Waals surface area contributed by atoms with Crippen molar-refractivity contribution in [3.8, 4) is 0 Å². The van der Waals surface area contributed by atoms with Crippen LogP contribution in [0.3, 0.4) is 0 Å². The summed E-state index contributed by atoms with van der Waals surface area (Å²) < 4.78 is 37.5. The minimum atomic E-state index is -2.18. The maximum Gasteiger partial charge on any atom is 0.167 e. The highest BCUT2D eigenvalue weighted by Crippen LogP contribution is 2.04. The van der Waals surface area contributed by atoms with Crippen LogP contribution in [0.2, 0.25) is 0 Å². The number of ether oxygens (including phenoxy) is 2. The average Bonchev–Trinajstić information content (AvgIpc) is 2.04. The molecule has 1 aliphatic rings. The fourth-order valence-corrected chi connectivity index (χ4v) is 0.509. The normalized spacial score (nSPS) is 67.9. The molecular weight excluding hydrogens is 160 g/mol. The molecule has 42 valence electrons. The zero-order valence-electron chi connectivity index (χ0n) is 7.48. The van der Waals surface area contributed by atoms with Crippen molar-refractivity contribution in [3.63, 3.8) is 0 Å². The molecule has 3 heteroatoms. The van der Waals surface area contributed by atoms with E-state index in [-0.39, 0.29) is 5.33 Å². The Bertz CT molecular complexity index is 166. The first-order valence-corrected chi connectivity index (χ1v) is 2.88. The van der Waals surface area contributed by atoms with E-state index in [0.29, 0.717) is 0 Å². The zero-order chi connectivity index (χ0) is 8.70. The Morgan fingerprint density at radius 1 is 2.00 bits per heavy atom. The Balaban J connectivity index is 2.71. The summed E-state index contributed by atoms with van der Waals surface area (Å²) in [6, 6.07) is 0. The highest BCUT2D eigenvalue weighted by molar-refractivity contribution is 9.09. The molecule has 1 rings (SSSR count). The minimum absolute atomic E-state index is 0.0227. The van der Waals surface area contributed by atoms with Crippen molar-refractivity contribution in [3.05, 3.63) is 0 Å². The molecule has 1 fully saturated rings. The van der Waals surface area contributed by atoms with Crippen LogP contribution in [0.15, 0.2) is 0 Å². The molecule has 1 aliphatic heterocycles. The molecule has 0 spiro atoms. The van der Waals surface area contributed by atoms with E-state index in [0.717, 1.165) is 0 Å². The van der Waals surface area contributed by atoms with Crippen LogP contribution in [0.1, 0.15) is 5.48 Å². The third-order valence-corrected chi connectivity index (χ3v) is 0.978. The van der Waals surface area contributed by atoms with Crippen LogP contribution in [0.4, 0.5) is 0 Å². The zero-order valence-corrected chi connectivity index (χ0v) is 5.06. The van der Waals surface area contributed by atoms with Crippen molar-refractivity contribution in [2.75, 3.05) is 18.5 Å². The molecular formula is C4H7BrO2. The van der Waals surface area contributed by atoms with E-state index in [4.69, 9.17) is 5.48 Å². The van der Waals surface area contributed by atoms with Crippen molar-refractivity contribution in [2.45, 2.75) is 6.27 Å². The third kappa shape index (κ3) is 1.40. The van der Waals surface area contributed by atoms with Crippen molar-refractivity contribution in [2.24, 2.45) is 0 Å². The number of halogens is 1. The summed E-state index contributed by atoms with van der Waals surface area (Å²) in [5.74, 6) is 0. The summed E-state index contributed by atoms with van der Waals surface area (Å²) in [7, 11) is 0. The van der Waals surface area contributed by atoms with E-state index in [2.05, 4.69) is 25.4 Å². The molecule has 0 aromatic heterocycles. The first-order chi connectivity index (χ1) is 4.90. The largest absolute Gasteiger partial charge is 0.349 e. The number of rotatable bonds is 1. The van der Waals surface area contributed by atoms with E-state index >= 15 is 0 Å². The van der Waals surface area contributed by atoms with Gasteiger partial charge in [-0.05, 0) is 0 Å². The van der Waals surface area contributed by atoms with Gasteiger partial charge in [-0.25, -0.2) is 0 Å². The van der Waals surface area contributed by atoms with Gasteiger partial charge in [0.1, 0.15) is 0 Å². The molecule has 0 N–H and O–H groups in total. The maximum absolute atomic E-state index is 7.26. The molecule has 0 bridgehead atoms. The highest BCUT2D eigenvalue weighted by Gasteiger charge is 2.12. The lowest BCUT2D eigenvalue weighted by molar-refractivity contribution is -0.0205. The molecule has 0 amide bonds. The number of alkyl halides is 1. The molecule has 0 radical (unpaired) electrons. The smallest absolute Gasteiger partial charge is 0.167 e. The maximum atomic E-state index is 7.26. The van der Waals surface area contributed by atoms with Gasteiger partial charge in [0.15, 0.2) is 6.27 Å². The predicted molar refractivity (Wildman–Crippen MR) is 29.5 cm³/mol. The Labute approximate surface area is 56.5 Å². The second-order valence-electron chi connectivity index (χ2n) is 0.961. The molecule has 0 aromatic rings. The molecule has 2 unspecified atom stereocenters. The van der Waals surface area contributed by atoms with Gasteiger partial charge in [0.2, 0.25) is 0 Å². The summed E-state index contributed by atoms with van der Waals surface area (Å²) in [6.45, 7) is -3.63. The van der Waals surface area contributed by atoms with Crippen molar-refractivity contribution >= 4 is 15.9 Å². The standard InChI is InChI=1S/C4H7BrO2/c5-3-4-6-1-2-7-4/h4H,1-3H2/i1D,2D2,4D. The summed E-state index contributed by atoms with van der Waals surface area (Å²) in [4.78, 5) is 0. The van der Waals surface area contributed by atoms with E-state index < -0.39 is 19.4 Å². The summed E-state index contributed by atoms with van der Waals surface area (Å²) in [5.41, 5.74) is 0. The van der Waals surface area contributed by atoms with Gasteiger partial charge >= 0.3 is 0 Å². The van der Waals surface area contributed by atoms with Gasteiger partial charge in [0, 0.05) is 0 Å². The molecule has 0 saturated carbocycles. The summed E-state index contributed by atoms with van der Waals surface area (Å²) >= 11 is 2.92. The van der Waals surface area contributed by atoms with Gasteiger partial charge in [-0.15, -0.1) is 0 Å². The van der Waals surface area contributed by atoms with Crippen LogP contribution < -0.4 is 0 Å². The molecule has 2 nitrogen and oxygen atoms in total. The lowest BCUT2D eigenvalue weighted by Crippen LogP contribution is -2.07. The monoisotopic (exact) mass is 170 g/mol. The van der Waals surface area contributed by atoms with Crippen LogP contribution >= 0.6 is 15.9 Å². The van der Waals surface area contributed by atoms with Crippen LogP contribution in [-0.4, -0.2) is 24.7 Å². The Kier molecular flexibility index (Phi) is 0.881. The van der Waals surface area contributed by atoms with Crippen LogP contribution in [0.5, 0.6) is 0 Å². The first kappa shape index (κ1) is 2.33. The van der Waals surface area contributed by atoms with Crippen molar-refractivity contribution in [1.82, 2.24) is 0 Å². The van der Waals surface area contributed by atoms with Crippen LogP contribution in [-0.2, 0) is 9.47 Å². The third-order valence-electron chi connectivity index (χ3n) is 0.520. The molecule has 7 heavy (non-hydrogen) atoms. The Morgan fingerprint density at radius 2 is 2.86 bits per heavy atom. The van der Waals surface area contributed by atoms with Crippen LogP contribution in [0.25, 0.3) is 0 Å². The van der Waals surface area contributed by atoms with Crippen LogP contribution in [0, 0.1) is 0 Å². The molecule has 0 aromatic carbocycles. The molecule has 1 saturated heterocycles. The van der Waals surface area contributed by atoms with Gasteiger partial charge in [0.25, 0.3) is 0 Å². The fraction of sp³-hybridized carbons (Fsp3) is 1.00. The first-order valence-electron chi connectivity index (χ1n) is 3.83. The quantitative estimate of drug-likeness (QED) is 0.542. The van der Waals surface area contributed by atoms with Crippen molar-refractivity contribution in [1.29, 1.82) is 0 Å². The second kappa shape index (κ2) is 2.64. The van der Waals surface area contributed by atoms with E-state index in [1.54, 1.807) is 0 Å². The van der Waals surface area contributed by atoms with E-state index in [1.807, 2.05) is 0 Å². The number of hydrogen-bond donors (Lipinski definition) is 0. The summed E-state index contributed by atoms with van der Waals surface area (Å²) in [6.07, 6.45) is -1.75. The average molecular weight is 171 g/mol. The minimum Gasteiger partial charge on any atom is -0.349 e. The lowest BCUT2D eigenvalue weighted by Gasteiger charge is -2.00. The number of hydrogen-bond acceptors (Lipinski definition) is 2. The second-order valence-corrected chi connectivity index (χ2v) is 1.52. The highest BCUT2D eigenvalue weighted by atomic mass is 79.9. The summed E-state index contributed by atoms with van der Waals surface area (Å²) in [5, 5.41) is 0.0227.